The van der Waals surface area contributed by atoms with Gasteiger partial charge in [0.1, 0.15) is 0 Å². The largest absolute Gasteiger partial charge is 0.481 e. The van der Waals surface area contributed by atoms with Crippen LogP contribution in [0.2, 0.25) is 5.02 Å². The van der Waals surface area contributed by atoms with Crippen LogP contribution < -0.4 is 9.62 Å². The molecule has 1 aliphatic rings. The fourth-order valence-corrected chi connectivity index (χ4v) is 4.59. The van der Waals surface area contributed by atoms with Crippen LogP contribution in [-0.2, 0) is 14.8 Å². The summed E-state index contributed by atoms with van der Waals surface area (Å²) in [6.45, 7) is -3.64. The van der Waals surface area contributed by atoms with Crippen molar-refractivity contribution in [3.63, 3.8) is 0 Å². The van der Waals surface area contributed by atoms with E-state index in [0.717, 1.165) is 10.4 Å². The Balaban J connectivity index is 2.23. The van der Waals surface area contributed by atoms with E-state index in [1.165, 1.54) is 43.4 Å². The molecular formula is C21H25ClN2O4S. The lowest BCUT2D eigenvalue weighted by molar-refractivity contribution is -0.137. The van der Waals surface area contributed by atoms with Gasteiger partial charge in [0.25, 0.3) is 10.0 Å². The van der Waals surface area contributed by atoms with Gasteiger partial charge in [-0.2, -0.15) is 0 Å². The number of benzene rings is 2. The molecule has 0 aromatic heterocycles. The molecular weight excluding hydrogens is 412 g/mol. The van der Waals surface area contributed by atoms with E-state index >= 15 is 0 Å². The van der Waals surface area contributed by atoms with E-state index in [9.17, 15) is 13.2 Å². The molecule has 3 rings (SSSR count). The standard InChI is InChI=1S/C21H25ClN2O4S/c1-24-18-9-6-5-8-16(18)21(23-13-7-3-2-4-10-20(25)26)17-12-11-15(22)14-19(17)29(24,27)28/h5-6,8-9,11-12,14,21,23H,2-4,7,10,13H2,1H3,(H,25,26)/t21-/m0/s1/i2D2,3D2,4D2,7D2,10D2,13D2. The molecule has 6 nitrogen and oxygen atoms in total. The zero-order chi connectivity index (χ0) is 31.8. The summed E-state index contributed by atoms with van der Waals surface area (Å²) < 4.78 is 125. The number of halogens is 1. The number of hydrogen-bond donors (Lipinski definition) is 2. The van der Waals surface area contributed by atoms with Gasteiger partial charge in [-0.05, 0) is 48.6 Å². The Labute approximate surface area is 193 Å². The normalized spacial score (nSPS) is 26.4. The van der Waals surface area contributed by atoms with Gasteiger partial charge >= 0.3 is 5.97 Å². The lowest BCUT2D eigenvalue weighted by atomic mass is 9.96. The van der Waals surface area contributed by atoms with E-state index in [0.29, 0.717) is 0 Å². The second-order valence-electron chi connectivity index (χ2n) is 5.85. The van der Waals surface area contributed by atoms with Gasteiger partial charge in [0, 0.05) is 34.9 Å². The van der Waals surface area contributed by atoms with E-state index in [2.05, 4.69) is 5.32 Å². The summed E-state index contributed by atoms with van der Waals surface area (Å²) in [5, 5.41) is 11.4. The van der Waals surface area contributed by atoms with Gasteiger partial charge in [-0.15, -0.1) is 0 Å². The number of sulfonamides is 1. The molecule has 2 aromatic rings. The maximum absolute atomic E-state index is 13.4. The second kappa shape index (κ2) is 9.15. The smallest absolute Gasteiger partial charge is 0.303 e. The topological polar surface area (TPSA) is 86.7 Å². The Kier molecular flexibility index (Phi) is 3.41. The molecule has 0 saturated carbocycles. The van der Waals surface area contributed by atoms with Crippen LogP contribution in [0.4, 0.5) is 5.69 Å². The minimum absolute atomic E-state index is 0.00299. The number of hydrogen-bond acceptors (Lipinski definition) is 4. The first-order chi connectivity index (χ1) is 18.3. The van der Waals surface area contributed by atoms with Crippen LogP contribution in [0.1, 0.15) is 65.5 Å². The monoisotopic (exact) mass is 448 g/mol. The number of nitrogens with zero attached hydrogens (tertiary/aromatic N) is 1. The van der Waals surface area contributed by atoms with Crippen LogP contribution in [0.25, 0.3) is 0 Å². The first kappa shape index (κ1) is 10.8. The van der Waals surface area contributed by atoms with Crippen molar-refractivity contribution in [3.05, 3.63) is 58.6 Å². The number of para-hydroxylation sites is 1. The molecule has 29 heavy (non-hydrogen) atoms. The molecule has 0 unspecified atom stereocenters. The summed E-state index contributed by atoms with van der Waals surface area (Å²) >= 11 is 6.04. The molecule has 0 saturated heterocycles. The molecule has 0 spiro atoms. The quantitative estimate of drug-likeness (QED) is 0.632. The molecule has 1 atom stereocenters. The lowest BCUT2D eigenvalue weighted by Gasteiger charge is -2.22. The molecule has 1 heterocycles. The first-order valence-corrected chi connectivity index (χ1v) is 10.0. The van der Waals surface area contributed by atoms with Crippen LogP contribution in [0, 0.1) is 0 Å². The number of anilines is 1. The summed E-state index contributed by atoms with van der Waals surface area (Å²) in [5.41, 5.74) is 0.0189. The SMILES string of the molecule is [2H]C([2H])(N[C@H]1c2ccccc2N(C)S(=O)(=O)c2cc(Cl)ccc21)C([2H])([2H])C([2H])([2H])C([2H])([2H])C([2H])([2H])C([2H])([2H])C(=O)O. The fraction of sp³-hybridized carbons (Fsp3) is 0.381. The molecule has 0 amide bonds. The maximum Gasteiger partial charge on any atom is 0.303 e. The number of aliphatic carboxylic acids is 1. The zero-order valence-corrected chi connectivity index (χ0v) is 16.6. The lowest BCUT2D eigenvalue weighted by Crippen LogP contribution is -2.26. The zero-order valence-electron chi connectivity index (χ0n) is 27.0. The molecule has 8 heteroatoms. The van der Waals surface area contributed by atoms with E-state index in [1.807, 2.05) is 0 Å². The highest BCUT2D eigenvalue weighted by Gasteiger charge is 2.34. The molecule has 156 valence electrons. The van der Waals surface area contributed by atoms with E-state index in [1.54, 1.807) is 0 Å². The van der Waals surface area contributed by atoms with Crippen LogP contribution in [0.15, 0.2) is 47.4 Å². The minimum atomic E-state index is -4.30. The van der Waals surface area contributed by atoms with Gasteiger partial charge < -0.3 is 10.4 Å². The third-order valence-electron chi connectivity index (χ3n) is 4.15. The number of nitrogens with one attached hydrogen (secondary N) is 1. The van der Waals surface area contributed by atoms with Crippen molar-refractivity contribution in [3.8, 4) is 0 Å². The van der Waals surface area contributed by atoms with Crippen LogP contribution in [0.3, 0.4) is 0 Å². The summed E-state index contributed by atoms with van der Waals surface area (Å²) in [7, 11) is -3.08. The van der Waals surface area contributed by atoms with Crippen LogP contribution >= 0.6 is 11.6 Å². The highest BCUT2D eigenvalue weighted by Crippen LogP contribution is 2.40. The second-order valence-corrected chi connectivity index (χ2v) is 8.22. The van der Waals surface area contributed by atoms with Gasteiger partial charge in [-0.25, -0.2) is 8.42 Å². The van der Waals surface area contributed by atoms with Gasteiger partial charge in [0.2, 0.25) is 0 Å². The van der Waals surface area contributed by atoms with Crippen molar-refractivity contribution >= 4 is 33.3 Å². The molecule has 0 aliphatic carbocycles. The summed E-state index contributed by atoms with van der Waals surface area (Å²) in [4.78, 5) is 11.0. The van der Waals surface area contributed by atoms with E-state index in [-0.39, 0.29) is 26.7 Å². The molecule has 2 N–H and O–H groups in total. The predicted molar refractivity (Wildman–Crippen MR) is 114 cm³/mol. The van der Waals surface area contributed by atoms with E-state index in [4.69, 9.17) is 33.2 Å². The summed E-state index contributed by atoms with van der Waals surface area (Å²) in [6.07, 6.45) is -20.8. The third-order valence-corrected chi connectivity index (χ3v) is 6.21. The Hall–Kier alpha value is -2.09. The molecule has 0 radical (unpaired) electrons. The van der Waals surface area contributed by atoms with Crippen molar-refractivity contribution in [2.45, 2.75) is 42.8 Å². The first-order valence-electron chi connectivity index (χ1n) is 14.2. The fourth-order valence-electron chi connectivity index (χ4n) is 2.88. The minimum Gasteiger partial charge on any atom is -0.481 e. The average Bonchev–Trinajstić information content (AvgIpc) is 2.91. The van der Waals surface area contributed by atoms with Gasteiger partial charge in [-0.1, -0.05) is 48.6 Å². The van der Waals surface area contributed by atoms with Crippen molar-refractivity contribution in [2.75, 3.05) is 17.8 Å². The third kappa shape index (κ3) is 4.74. The predicted octanol–water partition coefficient (Wildman–Crippen LogP) is 4.19. The average molecular weight is 449 g/mol. The molecule has 0 bridgehead atoms. The highest BCUT2D eigenvalue weighted by atomic mass is 35.5. The number of carboxylic acids is 1. The number of carboxylic acid groups (broad SMARTS) is 1. The maximum atomic E-state index is 13.4. The number of fused-ring (bicyclic) bond motifs is 2. The Morgan fingerprint density at radius 1 is 1.17 bits per heavy atom. The summed E-state index contributed by atoms with van der Waals surface area (Å²) in [5.74, 6) is -2.49. The van der Waals surface area contributed by atoms with Crippen LogP contribution in [-0.4, -0.2) is 33.0 Å². The number of rotatable bonds is 8. The van der Waals surface area contributed by atoms with Gasteiger partial charge in [0.15, 0.2) is 0 Å². The highest BCUT2D eigenvalue weighted by molar-refractivity contribution is 7.92. The van der Waals surface area contributed by atoms with Crippen molar-refractivity contribution in [2.24, 2.45) is 0 Å². The number of carbonyl (C=O) groups is 1. The van der Waals surface area contributed by atoms with Crippen molar-refractivity contribution in [1.82, 2.24) is 5.32 Å². The molecule has 0 fully saturated rings. The summed E-state index contributed by atoms with van der Waals surface area (Å²) in [6, 6.07) is 7.87. The van der Waals surface area contributed by atoms with Gasteiger partial charge in [-0.3, -0.25) is 9.10 Å². The van der Waals surface area contributed by atoms with Crippen LogP contribution in [0.5, 0.6) is 0 Å². The van der Waals surface area contributed by atoms with Gasteiger partial charge in [0.05, 0.1) is 16.6 Å². The van der Waals surface area contributed by atoms with Crippen molar-refractivity contribution < 1.29 is 34.8 Å². The van der Waals surface area contributed by atoms with Crippen molar-refractivity contribution in [1.29, 1.82) is 0 Å². The molecule has 2 aromatic carbocycles. The van der Waals surface area contributed by atoms with E-state index < -0.39 is 60.4 Å². The molecule has 1 aliphatic heterocycles. The Morgan fingerprint density at radius 3 is 2.66 bits per heavy atom. The Morgan fingerprint density at radius 2 is 1.90 bits per heavy atom. The Bertz CT molecular complexity index is 1490.